The molecule has 0 atom stereocenters. The molecule has 0 saturated heterocycles. The van der Waals surface area contributed by atoms with Gasteiger partial charge in [0.25, 0.3) is 0 Å². The molecule has 20 aromatic carbocycles. The van der Waals surface area contributed by atoms with Gasteiger partial charge in [0.05, 0.1) is 33.1 Å². The van der Waals surface area contributed by atoms with Crippen molar-refractivity contribution in [3.63, 3.8) is 0 Å². The number of fused-ring (bicyclic) bond motifs is 12. The smallest absolute Gasteiger partial charge is 0.164 e. The minimum Gasteiger partial charge on any atom is -0.292 e. The van der Waals surface area contributed by atoms with Crippen molar-refractivity contribution in [2.24, 2.45) is 0 Å². The Bertz CT molecular complexity index is 10100. The molecule has 9 heterocycles. The van der Waals surface area contributed by atoms with Crippen LogP contribution in [0, 0.1) is 0 Å². The lowest BCUT2D eigenvalue weighted by Gasteiger charge is -2.11. The summed E-state index contributed by atoms with van der Waals surface area (Å²) in [4.78, 5) is 61.2. The lowest BCUT2D eigenvalue weighted by Crippen LogP contribution is -2.00. The maximum atomic E-state index is 5.20. The summed E-state index contributed by atoms with van der Waals surface area (Å²) in [6.07, 6.45) is 0. The Hall–Kier alpha value is -19.5. The van der Waals surface area contributed by atoms with Gasteiger partial charge in [0.15, 0.2) is 52.4 Å². The van der Waals surface area contributed by atoms with Crippen molar-refractivity contribution in [1.82, 2.24) is 73.5 Å². The van der Waals surface area contributed by atoms with Crippen molar-refractivity contribution < 1.29 is 0 Å². The summed E-state index contributed by atoms with van der Waals surface area (Å²) in [7, 11) is 0. The molecule has 0 radical (unpaired) electrons. The van der Waals surface area contributed by atoms with Gasteiger partial charge in [0, 0.05) is 144 Å². The molecule has 704 valence electrons. The molecule has 0 spiro atoms. The predicted molar refractivity (Wildman–Crippen MR) is 618 cm³/mol. The Morgan fingerprint density at radius 2 is 0.360 bits per heavy atom. The Morgan fingerprint density at radius 3 is 0.673 bits per heavy atom. The molecule has 9 aromatic heterocycles. The van der Waals surface area contributed by atoms with Gasteiger partial charge in [-0.2, -0.15) is 0 Å². The highest BCUT2D eigenvalue weighted by molar-refractivity contribution is 7.26. The predicted octanol–water partition coefficient (Wildman–Crippen LogP) is 34.1. The van der Waals surface area contributed by atoms with Gasteiger partial charge in [0.1, 0.15) is 17.5 Å². The van der Waals surface area contributed by atoms with Gasteiger partial charge in [-0.05, 0) is 174 Å². The van der Waals surface area contributed by atoms with Crippen LogP contribution in [0.1, 0.15) is 0 Å². The number of nitrogens with zero attached hydrogens (tertiary/aromatic N) is 15. The van der Waals surface area contributed by atoms with Crippen LogP contribution in [-0.4, -0.2) is 73.5 Å². The van der Waals surface area contributed by atoms with E-state index < -0.39 is 0 Å². The lowest BCUT2D eigenvalue weighted by atomic mass is 10.0. The van der Waals surface area contributed by atoms with Crippen LogP contribution in [0.15, 0.2) is 504 Å². The standard InChI is InChI=1S/2C46H29N5S.C40H25N5S/c1-4-14-30(15-5-1)32-18-12-19-33(28-32)44-48-43(31-16-6-2-7-17-31)49-45(50-44)36-22-13-25-41-42(36)37-29-34(26-27-40(37)52-41)46-47-38-23-10-11-24-39(38)51(46)35-20-8-3-9-21-35;1-4-13-30(14-5-1)31-23-25-33(26-24-31)44-48-43(32-15-6-2-7-16-32)49-45(50-44)36-19-12-22-41-42(36)37-29-34(27-28-40(37)52-41)46-47-38-20-10-11-21-39(38)51(46)35-17-8-3-9-18-35;1-4-13-26(14-5-1)37-42-38(27-15-6-2-7-16-27)44-39(43-37)30-19-12-22-35-36(30)31-25-28(23-24-34(31)46-35)40-41-32-20-10-11-21-33(32)45(40)29-17-8-3-9-18-29/h2*1-29H;1-25H. The second kappa shape index (κ2) is 38.9. The van der Waals surface area contributed by atoms with Gasteiger partial charge in [-0.25, -0.2) is 59.8 Å². The van der Waals surface area contributed by atoms with Crippen LogP contribution < -0.4 is 0 Å². The fraction of sp³-hybridized carbons (Fsp3) is 0. The molecule has 0 N–H and O–H groups in total. The average Bonchev–Trinajstić information content (AvgIpc) is 1.59. The maximum Gasteiger partial charge on any atom is 0.164 e. The zero-order chi connectivity index (χ0) is 99.3. The molecule has 18 heteroatoms. The largest absolute Gasteiger partial charge is 0.292 e. The molecule has 29 aromatic rings. The Balaban J connectivity index is 0.000000111. The fourth-order valence-corrected chi connectivity index (χ4v) is 23.5. The molecule has 15 nitrogen and oxygen atoms in total. The van der Waals surface area contributed by atoms with Crippen molar-refractivity contribution in [2.75, 3.05) is 0 Å². The van der Waals surface area contributed by atoms with E-state index in [1.54, 1.807) is 34.0 Å². The Kier molecular flexibility index (Phi) is 23.2. The molecule has 0 fully saturated rings. The number of imidazole rings is 3. The number of hydrogen-bond acceptors (Lipinski definition) is 15. The highest BCUT2D eigenvalue weighted by Crippen LogP contribution is 2.48. The second-order valence-electron chi connectivity index (χ2n) is 36.5. The maximum absolute atomic E-state index is 5.20. The van der Waals surface area contributed by atoms with Gasteiger partial charge >= 0.3 is 0 Å². The first kappa shape index (κ1) is 89.4. The summed E-state index contributed by atoms with van der Waals surface area (Å²) in [5.74, 6) is 8.50. The van der Waals surface area contributed by atoms with Crippen LogP contribution in [0.25, 0.3) is 270 Å². The zero-order valence-corrected chi connectivity index (χ0v) is 82.8. The van der Waals surface area contributed by atoms with Crippen LogP contribution >= 0.6 is 34.0 Å². The summed E-state index contributed by atoms with van der Waals surface area (Å²) in [5.41, 5.74) is 25.6. The number of hydrogen-bond donors (Lipinski definition) is 0. The molecule has 0 saturated carbocycles. The van der Waals surface area contributed by atoms with Crippen LogP contribution in [0.2, 0.25) is 0 Å². The molecule has 0 amide bonds. The van der Waals surface area contributed by atoms with Gasteiger partial charge < -0.3 is 0 Å². The average molecular weight is 1980 g/mol. The summed E-state index contributed by atoms with van der Waals surface area (Å²) in [6, 6.07) is 174. The van der Waals surface area contributed by atoms with E-state index in [0.717, 1.165) is 183 Å². The topological polar surface area (TPSA) is 169 Å². The van der Waals surface area contributed by atoms with E-state index in [-0.39, 0.29) is 0 Å². The lowest BCUT2D eigenvalue weighted by molar-refractivity contribution is 1.08. The minimum absolute atomic E-state index is 0.635. The van der Waals surface area contributed by atoms with Crippen molar-refractivity contribution in [2.45, 2.75) is 0 Å². The second-order valence-corrected chi connectivity index (χ2v) is 39.8. The normalized spacial score (nSPS) is 11.5. The number of thiophene rings is 3. The summed E-state index contributed by atoms with van der Waals surface area (Å²) in [6.45, 7) is 0. The SMILES string of the molecule is c1ccc(-c2ccc(-c3nc(-c4ccccc4)nc(-c4cccc5sc6ccc(-c7nc8ccccc8n7-c7ccccc7)cc6c45)n3)cc2)cc1.c1ccc(-c2cccc(-c3nc(-c4ccccc4)nc(-c4cccc5sc6ccc(-c7nc8ccccc8n7-c7ccccc7)cc6c45)n3)c2)cc1.c1ccc(-c2nc(-c3ccccc3)nc(-c3cccc4sc5ccc(-c6nc7ccccc7n6-c6ccccc6)cc5c34)n2)cc1. The first-order chi connectivity index (χ1) is 74.3. The molecule has 0 aliphatic heterocycles. The number of benzene rings is 20. The van der Waals surface area contributed by atoms with E-state index in [9.17, 15) is 0 Å². The molecule has 0 unspecified atom stereocenters. The Morgan fingerprint density at radius 1 is 0.140 bits per heavy atom. The number of para-hydroxylation sites is 9. The molecule has 0 aliphatic rings. The van der Waals surface area contributed by atoms with E-state index in [1.165, 1.54) is 33.8 Å². The minimum atomic E-state index is 0.635. The van der Waals surface area contributed by atoms with E-state index in [1.807, 2.05) is 158 Å². The van der Waals surface area contributed by atoms with Gasteiger partial charge in [-0.3, -0.25) is 13.7 Å². The highest BCUT2D eigenvalue weighted by Gasteiger charge is 2.27. The molecule has 29 rings (SSSR count). The third-order valence-corrected chi connectivity index (χ3v) is 30.6. The number of aromatic nitrogens is 15. The molecule has 150 heavy (non-hydrogen) atoms. The number of rotatable bonds is 17. The fourth-order valence-electron chi connectivity index (χ4n) is 20.2. The summed E-state index contributed by atoms with van der Waals surface area (Å²) >= 11 is 5.35. The summed E-state index contributed by atoms with van der Waals surface area (Å²) in [5, 5.41) is 6.84. The van der Waals surface area contributed by atoms with Crippen LogP contribution in [-0.2, 0) is 0 Å². The Labute approximate surface area is 873 Å². The molecular formula is C132H83N15S3. The van der Waals surface area contributed by atoms with Crippen molar-refractivity contribution >= 4 is 128 Å². The molecule has 0 aliphatic carbocycles. The van der Waals surface area contributed by atoms with E-state index in [4.69, 9.17) is 59.8 Å². The van der Waals surface area contributed by atoms with Gasteiger partial charge in [0.2, 0.25) is 0 Å². The summed E-state index contributed by atoms with van der Waals surface area (Å²) < 4.78 is 13.9. The first-order valence-electron chi connectivity index (χ1n) is 49.6. The van der Waals surface area contributed by atoms with Gasteiger partial charge in [-0.1, -0.05) is 352 Å². The van der Waals surface area contributed by atoms with Crippen LogP contribution in [0.4, 0.5) is 0 Å². The van der Waals surface area contributed by atoms with Crippen molar-refractivity contribution in [3.05, 3.63) is 504 Å². The third-order valence-electron chi connectivity index (χ3n) is 27.2. The first-order valence-corrected chi connectivity index (χ1v) is 52.1. The van der Waals surface area contributed by atoms with E-state index in [0.29, 0.717) is 52.4 Å². The van der Waals surface area contributed by atoms with Gasteiger partial charge in [-0.15, -0.1) is 34.0 Å². The molecule has 0 bridgehead atoms. The zero-order valence-electron chi connectivity index (χ0n) is 80.4. The quantitative estimate of drug-likeness (QED) is 0.0847. The van der Waals surface area contributed by atoms with Crippen LogP contribution in [0.5, 0.6) is 0 Å². The molecular weight excluding hydrogens is 1890 g/mol. The van der Waals surface area contributed by atoms with Crippen molar-refractivity contribution in [3.8, 4) is 176 Å². The van der Waals surface area contributed by atoms with E-state index in [2.05, 4.69) is 359 Å². The highest BCUT2D eigenvalue weighted by atomic mass is 32.1. The third kappa shape index (κ3) is 17.0. The van der Waals surface area contributed by atoms with E-state index >= 15 is 0 Å². The van der Waals surface area contributed by atoms with Crippen molar-refractivity contribution in [1.29, 1.82) is 0 Å². The van der Waals surface area contributed by atoms with Crippen LogP contribution in [0.3, 0.4) is 0 Å². The monoisotopic (exact) mass is 1970 g/mol.